The van der Waals surface area contributed by atoms with E-state index in [0.29, 0.717) is 29.3 Å². The number of benzene rings is 1. The Balaban J connectivity index is 1.96. The van der Waals surface area contributed by atoms with Crippen LogP contribution in [-0.4, -0.2) is 34.3 Å². The Kier molecular flexibility index (Phi) is 6.93. The van der Waals surface area contributed by atoms with E-state index >= 15 is 0 Å². The molecule has 0 radical (unpaired) electrons. The Morgan fingerprint density at radius 3 is 2.59 bits per heavy atom. The minimum Gasteiger partial charge on any atom is -0.383 e. The van der Waals surface area contributed by atoms with Crippen molar-refractivity contribution in [2.24, 2.45) is 0 Å². The van der Waals surface area contributed by atoms with Crippen LogP contribution in [0.3, 0.4) is 0 Å². The number of carbonyl (C=O) groups is 1. The highest BCUT2D eigenvalue weighted by Gasteiger charge is 2.22. The fraction of sp³-hybridized carbons (Fsp3) is 0.409. The Bertz CT molecular complexity index is 1080. The zero-order valence-electron chi connectivity index (χ0n) is 17.4. The van der Waals surface area contributed by atoms with E-state index in [0.717, 1.165) is 21.7 Å². The number of methoxy groups -OCH3 is 1. The predicted octanol–water partition coefficient (Wildman–Crippen LogP) is 4.65. The molecule has 5 nitrogen and oxygen atoms in total. The van der Waals surface area contributed by atoms with Crippen molar-refractivity contribution in [3.05, 3.63) is 56.2 Å². The van der Waals surface area contributed by atoms with Crippen molar-refractivity contribution in [3.63, 3.8) is 0 Å². The van der Waals surface area contributed by atoms with Gasteiger partial charge in [-0.3, -0.25) is 14.2 Å². The van der Waals surface area contributed by atoms with Crippen LogP contribution in [0.15, 0.2) is 34.2 Å². The van der Waals surface area contributed by atoms with Gasteiger partial charge in [0.05, 0.1) is 23.8 Å². The lowest BCUT2D eigenvalue weighted by Gasteiger charge is -2.15. The van der Waals surface area contributed by atoms with E-state index in [-0.39, 0.29) is 16.6 Å². The minimum absolute atomic E-state index is 0.0313. The van der Waals surface area contributed by atoms with Gasteiger partial charge in [-0.15, -0.1) is 11.3 Å². The van der Waals surface area contributed by atoms with Gasteiger partial charge in [0.15, 0.2) is 10.9 Å². The molecule has 1 aromatic carbocycles. The summed E-state index contributed by atoms with van der Waals surface area (Å²) in [6.45, 7) is 8.72. The lowest BCUT2D eigenvalue weighted by atomic mass is 10.1. The molecule has 154 valence electrons. The number of carbonyl (C=O) groups excluding carboxylic acids is 1. The van der Waals surface area contributed by atoms with E-state index < -0.39 is 0 Å². The van der Waals surface area contributed by atoms with Crippen LogP contribution in [0, 0.1) is 13.8 Å². The van der Waals surface area contributed by atoms with Gasteiger partial charge in [0.2, 0.25) is 0 Å². The number of thioether (sulfide) groups is 1. The number of aromatic nitrogens is 2. The lowest BCUT2D eigenvalue weighted by molar-refractivity contribution is 0.0994. The number of Topliss-reactive ketones (excluding diaryl/α,β-unsaturated/α-hetero) is 1. The molecule has 0 aliphatic rings. The number of nitrogens with zero attached hydrogens (tertiary/aromatic N) is 2. The van der Waals surface area contributed by atoms with E-state index in [4.69, 9.17) is 9.72 Å². The third-order valence-electron chi connectivity index (χ3n) is 5.07. The molecule has 0 saturated heterocycles. The van der Waals surface area contributed by atoms with Crippen molar-refractivity contribution < 1.29 is 9.53 Å². The normalized spacial score (nSPS) is 12.4. The SMILES string of the molecule is CCc1ccc(C(=O)C(C)Sc2nc3sc(C)c(C)c3c(=O)n2CCOC)cc1. The molecule has 3 rings (SSSR count). The van der Waals surface area contributed by atoms with Crippen molar-refractivity contribution in [1.82, 2.24) is 9.55 Å². The van der Waals surface area contributed by atoms with Crippen LogP contribution < -0.4 is 5.56 Å². The molecule has 2 heterocycles. The Morgan fingerprint density at radius 2 is 1.97 bits per heavy atom. The Hall–Kier alpha value is -1.96. The second-order valence-corrected chi connectivity index (χ2v) is 9.49. The second kappa shape index (κ2) is 9.24. The van der Waals surface area contributed by atoms with Crippen molar-refractivity contribution in [2.45, 2.75) is 51.1 Å². The molecule has 0 saturated carbocycles. The smallest absolute Gasteiger partial charge is 0.263 e. The summed E-state index contributed by atoms with van der Waals surface area (Å²) in [4.78, 5) is 32.6. The molecular weight excluding hydrogens is 404 g/mol. The molecule has 1 atom stereocenters. The summed E-state index contributed by atoms with van der Waals surface area (Å²) in [5.41, 5.74) is 2.79. The van der Waals surface area contributed by atoms with Crippen molar-refractivity contribution in [1.29, 1.82) is 0 Å². The van der Waals surface area contributed by atoms with Gasteiger partial charge in [-0.1, -0.05) is 43.0 Å². The van der Waals surface area contributed by atoms with E-state index in [9.17, 15) is 9.59 Å². The predicted molar refractivity (Wildman–Crippen MR) is 121 cm³/mol. The average Bonchev–Trinajstić information content (AvgIpc) is 3.00. The van der Waals surface area contributed by atoms with Crippen LogP contribution in [-0.2, 0) is 17.7 Å². The zero-order chi connectivity index (χ0) is 21.1. The highest BCUT2D eigenvalue weighted by Crippen LogP contribution is 2.30. The Morgan fingerprint density at radius 1 is 1.28 bits per heavy atom. The molecule has 0 N–H and O–H groups in total. The van der Waals surface area contributed by atoms with Crippen LogP contribution in [0.2, 0.25) is 0 Å². The molecule has 0 spiro atoms. The van der Waals surface area contributed by atoms with Crippen LogP contribution in [0.25, 0.3) is 10.2 Å². The maximum absolute atomic E-state index is 13.2. The standard InChI is InChI=1S/C22H26N2O3S2/c1-6-16-7-9-17(10-8-16)19(25)15(4)29-22-23-20-18(13(2)14(3)28-20)21(26)24(22)11-12-27-5/h7-10,15H,6,11-12H2,1-5H3. The number of ketones is 1. The summed E-state index contributed by atoms with van der Waals surface area (Å²) < 4.78 is 6.82. The highest BCUT2D eigenvalue weighted by atomic mass is 32.2. The molecule has 7 heteroatoms. The summed E-state index contributed by atoms with van der Waals surface area (Å²) in [5, 5.41) is 0.872. The second-order valence-electron chi connectivity index (χ2n) is 6.98. The summed E-state index contributed by atoms with van der Waals surface area (Å²) >= 11 is 2.85. The number of rotatable bonds is 8. The number of aryl methyl sites for hydroxylation is 3. The van der Waals surface area contributed by atoms with E-state index in [1.54, 1.807) is 11.7 Å². The molecule has 29 heavy (non-hydrogen) atoms. The summed E-state index contributed by atoms with van der Waals surface area (Å²) in [6.07, 6.45) is 0.939. The number of thiophene rings is 1. The summed E-state index contributed by atoms with van der Waals surface area (Å²) in [5.74, 6) is 0.0313. The van der Waals surface area contributed by atoms with Crippen molar-refractivity contribution in [2.75, 3.05) is 13.7 Å². The van der Waals surface area contributed by atoms with Gasteiger partial charge < -0.3 is 4.74 Å². The first-order valence-electron chi connectivity index (χ1n) is 9.66. The van der Waals surface area contributed by atoms with Crippen LogP contribution >= 0.6 is 23.1 Å². The molecule has 0 aliphatic carbocycles. The van der Waals surface area contributed by atoms with Gasteiger partial charge >= 0.3 is 0 Å². The molecule has 0 fully saturated rings. The van der Waals surface area contributed by atoms with Crippen LogP contribution in [0.4, 0.5) is 0 Å². The van der Waals surface area contributed by atoms with E-state index in [2.05, 4.69) is 6.92 Å². The molecular formula is C22H26N2O3S2. The van der Waals surface area contributed by atoms with Gasteiger partial charge in [-0.2, -0.15) is 0 Å². The van der Waals surface area contributed by atoms with Crippen molar-refractivity contribution in [3.8, 4) is 0 Å². The third-order valence-corrected chi connectivity index (χ3v) is 7.26. The van der Waals surface area contributed by atoms with Gasteiger partial charge in [0.1, 0.15) is 4.83 Å². The first-order valence-corrected chi connectivity index (χ1v) is 11.4. The number of hydrogen-bond acceptors (Lipinski definition) is 6. The van der Waals surface area contributed by atoms with Gasteiger partial charge in [0, 0.05) is 17.6 Å². The quantitative estimate of drug-likeness (QED) is 0.296. The maximum Gasteiger partial charge on any atom is 0.263 e. The number of ether oxygens (including phenoxy) is 1. The van der Waals surface area contributed by atoms with E-state index in [1.165, 1.54) is 28.7 Å². The molecule has 0 bridgehead atoms. The zero-order valence-corrected chi connectivity index (χ0v) is 19.1. The molecule has 0 amide bonds. The summed E-state index contributed by atoms with van der Waals surface area (Å²) in [7, 11) is 1.61. The minimum atomic E-state index is -0.359. The molecule has 2 aromatic heterocycles. The Labute approximate surface area is 179 Å². The fourth-order valence-corrected chi connectivity index (χ4v) is 5.21. The van der Waals surface area contributed by atoms with Gasteiger partial charge in [0.25, 0.3) is 5.56 Å². The summed E-state index contributed by atoms with van der Waals surface area (Å²) in [6, 6.07) is 7.72. The topological polar surface area (TPSA) is 61.2 Å². The molecule has 0 aliphatic heterocycles. The number of fused-ring (bicyclic) bond motifs is 1. The van der Waals surface area contributed by atoms with E-state index in [1.807, 2.05) is 45.0 Å². The maximum atomic E-state index is 13.2. The molecule has 1 unspecified atom stereocenters. The third kappa shape index (κ3) is 4.47. The lowest BCUT2D eigenvalue weighted by Crippen LogP contribution is -2.26. The van der Waals surface area contributed by atoms with Crippen LogP contribution in [0.1, 0.15) is 40.2 Å². The highest BCUT2D eigenvalue weighted by molar-refractivity contribution is 8.00. The largest absolute Gasteiger partial charge is 0.383 e. The van der Waals surface area contributed by atoms with Crippen molar-refractivity contribution >= 4 is 39.1 Å². The monoisotopic (exact) mass is 430 g/mol. The fourth-order valence-electron chi connectivity index (χ4n) is 3.13. The van der Waals surface area contributed by atoms with Gasteiger partial charge in [-0.05, 0) is 38.3 Å². The van der Waals surface area contributed by atoms with Crippen LogP contribution in [0.5, 0.6) is 0 Å². The average molecular weight is 431 g/mol. The molecule has 3 aromatic rings. The first kappa shape index (κ1) is 21.7. The first-order chi connectivity index (χ1) is 13.9. The number of hydrogen-bond donors (Lipinski definition) is 0. The van der Waals surface area contributed by atoms with Gasteiger partial charge in [-0.25, -0.2) is 4.98 Å².